The van der Waals surface area contributed by atoms with E-state index in [-0.39, 0.29) is 12.3 Å². The number of unbranched alkanes of at least 4 members (excludes halogenated alkanes) is 2. The van der Waals surface area contributed by atoms with Gasteiger partial charge in [0.1, 0.15) is 4.32 Å². The first-order valence-electron chi connectivity index (χ1n) is 8.05. The minimum Gasteiger partial charge on any atom is -0.481 e. The van der Waals surface area contributed by atoms with E-state index in [1.807, 2.05) is 0 Å². The van der Waals surface area contributed by atoms with Crippen molar-refractivity contribution in [2.45, 2.75) is 57.8 Å². The molecular weight excluding hydrogens is 318 g/mol. The molecule has 1 aliphatic carbocycles. The molecule has 1 N–H and O–H groups in total. The molecule has 1 amide bonds. The Morgan fingerprint density at radius 2 is 2.00 bits per heavy atom. The van der Waals surface area contributed by atoms with Crippen LogP contribution in [0.3, 0.4) is 0 Å². The van der Waals surface area contributed by atoms with Gasteiger partial charge in [-0.2, -0.15) is 0 Å². The van der Waals surface area contributed by atoms with Crippen LogP contribution in [0, 0.1) is 5.92 Å². The number of allylic oxidation sites excluding steroid dienone is 1. The molecule has 0 aromatic rings. The van der Waals surface area contributed by atoms with E-state index in [4.69, 9.17) is 17.3 Å². The lowest BCUT2D eigenvalue weighted by molar-refractivity contribution is -0.137. The molecule has 0 aromatic heterocycles. The van der Waals surface area contributed by atoms with Crippen LogP contribution in [0.1, 0.15) is 57.8 Å². The van der Waals surface area contributed by atoms with Crippen molar-refractivity contribution < 1.29 is 14.7 Å². The molecule has 22 heavy (non-hydrogen) atoms. The summed E-state index contributed by atoms with van der Waals surface area (Å²) in [6.07, 6.45) is 10.8. The number of hydrogen-bond donors (Lipinski definition) is 1. The monoisotopic (exact) mass is 341 g/mol. The second kappa shape index (κ2) is 8.67. The van der Waals surface area contributed by atoms with Gasteiger partial charge < -0.3 is 5.11 Å². The third-order valence-corrected chi connectivity index (χ3v) is 5.58. The Bertz CT molecular complexity index is 470. The van der Waals surface area contributed by atoms with Gasteiger partial charge in [-0.1, -0.05) is 55.7 Å². The van der Waals surface area contributed by atoms with Crippen LogP contribution >= 0.6 is 24.0 Å². The summed E-state index contributed by atoms with van der Waals surface area (Å²) in [5, 5.41) is 8.60. The Morgan fingerprint density at radius 3 is 2.68 bits per heavy atom. The number of carbonyl (C=O) groups excluding carboxylic acids is 1. The Hall–Kier alpha value is -0.880. The van der Waals surface area contributed by atoms with Crippen molar-refractivity contribution in [3.05, 3.63) is 11.0 Å². The molecule has 2 aliphatic rings. The fraction of sp³-hybridized carbons (Fsp3) is 0.688. The molecule has 0 radical (unpaired) electrons. The first-order valence-corrected chi connectivity index (χ1v) is 9.27. The number of carbonyl (C=O) groups is 2. The lowest BCUT2D eigenvalue weighted by Crippen LogP contribution is -2.29. The standard InChI is InChI=1S/C16H23NO3S2/c18-14(19)9-5-2-6-10-17-15(20)13(22-16(17)21)11-12-7-3-1-4-8-12/h11-12H,1-10H2,(H,18,19)/b13-11+. The first kappa shape index (κ1) is 17.5. The molecule has 1 saturated carbocycles. The summed E-state index contributed by atoms with van der Waals surface area (Å²) in [5.74, 6) is -0.196. The summed E-state index contributed by atoms with van der Waals surface area (Å²) in [6.45, 7) is 0.603. The topological polar surface area (TPSA) is 57.6 Å². The Balaban J connectivity index is 1.80. The molecule has 122 valence electrons. The molecule has 2 fully saturated rings. The summed E-state index contributed by atoms with van der Waals surface area (Å²) in [7, 11) is 0. The number of thiocarbonyl (C=S) groups is 1. The van der Waals surface area contributed by atoms with E-state index >= 15 is 0 Å². The molecule has 0 aromatic carbocycles. The lowest BCUT2D eigenvalue weighted by Gasteiger charge is -2.18. The quantitative estimate of drug-likeness (QED) is 0.431. The van der Waals surface area contributed by atoms with Gasteiger partial charge >= 0.3 is 5.97 Å². The smallest absolute Gasteiger partial charge is 0.303 e. The average Bonchev–Trinajstić information content (AvgIpc) is 2.75. The molecule has 1 saturated heterocycles. The second-order valence-electron chi connectivity index (χ2n) is 5.96. The maximum atomic E-state index is 12.4. The summed E-state index contributed by atoms with van der Waals surface area (Å²) in [6, 6.07) is 0. The summed E-state index contributed by atoms with van der Waals surface area (Å²) < 4.78 is 0.644. The number of amides is 1. The van der Waals surface area contributed by atoms with E-state index in [2.05, 4.69) is 6.08 Å². The minimum atomic E-state index is -0.763. The Labute approximate surface area is 141 Å². The highest BCUT2D eigenvalue weighted by Crippen LogP contribution is 2.35. The number of aliphatic carboxylic acids is 1. The van der Waals surface area contributed by atoms with Crippen LogP contribution in [0.25, 0.3) is 0 Å². The summed E-state index contributed by atoms with van der Waals surface area (Å²) in [4.78, 5) is 25.3. The van der Waals surface area contributed by atoms with Crippen LogP contribution in [0.4, 0.5) is 0 Å². The highest BCUT2D eigenvalue weighted by molar-refractivity contribution is 8.26. The highest BCUT2D eigenvalue weighted by atomic mass is 32.2. The molecule has 4 nitrogen and oxygen atoms in total. The average molecular weight is 341 g/mol. The van der Waals surface area contributed by atoms with Crippen molar-refractivity contribution in [2.75, 3.05) is 6.54 Å². The summed E-state index contributed by atoms with van der Waals surface area (Å²) in [5.41, 5.74) is 0. The molecule has 0 atom stereocenters. The normalized spacial score (nSPS) is 21.8. The van der Waals surface area contributed by atoms with E-state index in [0.29, 0.717) is 23.2 Å². The van der Waals surface area contributed by atoms with Crippen LogP contribution in [0.5, 0.6) is 0 Å². The Morgan fingerprint density at radius 1 is 1.27 bits per heavy atom. The van der Waals surface area contributed by atoms with Crippen molar-refractivity contribution in [2.24, 2.45) is 5.92 Å². The summed E-state index contributed by atoms with van der Waals surface area (Å²) >= 11 is 6.73. The maximum Gasteiger partial charge on any atom is 0.303 e. The van der Waals surface area contributed by atoms with Gasteiger partial charge in [-0.15, -0.1) is 0 Å². The number of nitrogens with zero attached hydrogens (tertiary/aromatic N) is 1. The van der Waals surface area contributed by atoms with E-state index in [0.717, 1.165) is 17.7 Å². The Kier molecular flexibility index (Phi) is 6.89. The van der Waals surface area contributed by atoms with Crippen LogP contribution in [0.15, 0.2) is 11.0 Å². The third kappa shape index (κ3) is 5.09. The van der Waals surface area contributed by atoms with Crippen molar-refractivity contribution in [1.82, 2.24) is 4.90 Å². The van der Waals surface area contributed by atoms with Crippen molar-refractivity contribution in [3.8, 4) is 0 Å². The van der Waals surface area contributed by atoms with Crippen molar-refractivity contribution in [1.29, 1.82) is 0 Å². The maximum absolute atomic E-state index is 12.4. The van der Waals surface area contributed by atoms with E-state index in [1.165, 1.54) is 43.9 Å². The predicted molar refractivity (Wildman–Crippen MR) is 92.7 cm³/mol. The zero-order valence-electron chi connectivity index (χ0n) is 12.8. The van der Waals surface area contributed by atoms with Gasteiger partial charge in [-0.25, -0.2) is 0 Å². The number of hydrogen-bond acceptors (Lipinski definition) is 4. The van der Waals surface area contributed by atoms with Crippen LogP contribution in [-0.4, -0.2) is 32.7 Å². The molecular formula is C16H23NO3S2. The van der Waals surface area contributed by atoms with Gasteiger partial charge in [0.25, 0.3) is 5.91 Å². The van der Waals surface area contributed by atoms with Crippen molar-refractivity contribution >= 4 is 40.2 Å². The third-order valence-electron chi connectivity index (χ3n) is 4.18. The number of carboxylic acids is 1. The van der Waals surface area contributed by atoms with Crippen LogP contribution in [-0.2, 0) is 9.59 Å². The van der Waals surface area contributed by atoms with Gasteiger partial charge in [0.15, 0.2) is 0 Å². The molecule has 0 unspecified atom stereocenters. The van der Waals surface area contributed by atoms with E-state index < -0.39 is 5.97 Å². The fourth-order valence-electron chi connectivity index (χ4n) is 2.94. The molecule has 0 spiro atoms. The number of rotatable bonds is 7. The molecule has 6 heteroatoms. The van der Waals surface area contributed by atoms with Gasteiger partial charge in [-0.05, 0) is 31.6 Å². The first-order chi connectivity index (χ1) is 10.6. The van der Waals surface area contributed by atoms with E-state index in [1.54, 1.807) is 4.90 Å². The minimum absolute atomic E-state index is 0.0406. The fourth-order valence-corrected chi connectivity index (χ4v) is 4.32. The van der Waals surface area contributed by atoms with Gasteiger partial charge in [0.2, 0.25) is 0 Å². The number of thioether (sulfide) groups is 1. The van der Waals surface area contributed by atoms with Gasteiger partial charge in [-0.3, -0.25) is 14.5 Å². The molecule has 0 bridgehead atoms. The van der Waals surface area contributed by atoms with Crippen LogP contribution < -0.4 is 0 Å². The van der Waals surface area contributed by atoms with E-state index in [9.17, 15) is 9.59 Å². The zero-order valence-corrected chi connectivity index (χ0v) is 14.4. The zero-order chi connectivity index (χ0) is 15.9. The van der Waals surface area contributed by atoms with Gasteiger partial charge in [0.05, 0.1) is 4.91 Å². The SMILES string of the molecule is O=C(O)CCCCCN1C(=O)/C(=C\C2CCCCC2)SC1=S. The molecule has 2 rings (SSSR count). The molecule has 1 aliphatic heterocycles. The van der Waals surface area contributed by atoms with Crippen molar-refractivity contribution in [3.63, 3.8) is 0 Å². The lowest BCUT2D eigenvalue weighted by atomic mass is 9.89. The molecule has 1 heterocycles. The predicted octanol–water partition coefficient (Wildman–Crippen LogP) is 3.96. The largest absolute Gasteiger partial charge is 0.481 e. The van der Waals surface area contributed by atoms with Crippen LogP contribution in [0.2, 0.25) is 0 Å². The van der Waals surface area contributed by atoms with Gasteiger partial charge in [0, 0.05) is 13.0 Å². The second-order valence-corrected chi connectivity index (χ2v) is 7.63. The number of carboxylic acid groups (broad SMARTS) is 1. The highest BCUT2D eigenvalue weighted by Gasteiger charge is 2.32.